The first-order valence-electron chi connectivity index (χ1n) is 6.68. The minimum atomic E-state index is -1.09. The first kappa shape index (κ1) is 14.2. The van der Waals surface area contributed by atoms with E-state index in [4.69, 9.17) is 0 Å². The van der Waals surface area contributed by atoms with E-state index in [-0.39, 0.29) is 18.1 Å². The lowest BCUT2D eigenvalue weighted by atomic mass is 9.83. The van der Waals surface area contributed by atoms with Crippen molar-refractivity contribution in [3.63, 3.8) is 0 Å². The smallest absolute Gasteiger partial charge is 0.326 e. The summed E-state index contributed by atoms with van der Waals surface area (Å²) in [6.07, 6.45) is 2.08. The minimum absolute atomic E-state index is 0.0708. The number of amides is 1. The van der Waals surface area contributed by atoms with Crippen LogP contribution in [-0.4, -0.2) is 28.8 Å². The van der Waals surface area contributed by atoms with E-state index < -0.39 is 17.9 Å². The molecule has 1 aliphatic carbocycles. The highest BCUT2D eigenvalue weighted by Crippen LogP contribution is 2.24. The fraction of sp³-hybridized carbons (Fsp3) is 0.400. The van der Waals surface area contributed by atoms with Crippen molar-refractivity contribution in [3.05, 3.63) is 35.9 Å². The topological polar surface area (TPSA) is 83.5 Å². The van der Waals surface area contributed by atoms with Crippen LogP contribution in [0.25, 0.3) is 0 Å². The van der Waals surface area contributed by atoms with Crippen LogP contribution in [0, 0.1) is 5.92 Å². The molecule has 20 heavy (non-hydrogen) atoms. The number of hydrogen-bond donors (Lipinski definition) is 2. The molecule has 2 N–H and O–H groups in total. The quantitative estimate of drug-likeness (QED) is 0.874. The Labute approximate surface area is 117 Å². The fourth-order valence-corrected chi connectivity index (χ4v) is 2.54. The molecule has 0 aromatic heterocycles. The van der Waals surface area contributed by atoms with E-state index in [1.807, 2.05) is 0 Å². The van der Waals surface area contributed by atoms with Gasteiger partial charge in [-0.15, -0.1) is 0 Å². The molecular weight excluding hydrogens is 258 g/mol. The van der Waals surface area contributed by atoms with Gasteiger partial charge in [-0.25, -0.2) is 4.79 Å². The zero-order valence-electron chi connectivity index (χ0n) is 11.0. The average Bonchev–Trinajstić information content (AvgIpc) is 2.45. The van der Waals surface area contributed by atoms with Crippen LogP contribution in [0.15, 0.2) is 30.3 Å². The molecule has 2 rings (SSSR count). The van der Waals surface area contributed by atoms with E-state index in [0.717, 1.165) is 0 Å². The van der Waals surface area contributed by atoms with Crippen molar-refractivity contribution >= 4 is 17.7 Å². The summed E-state index contributed by atoms with van der Waals surface area (Å²) in [6, 6.07) is 7.46. The molecule has 1 saturated carbocycles. The Balaban J connectivity index is 2.08. The molecule has 0 heterocycles. The summed E-state index contributed by atoms with van der Waals surface area (Å²) in [5, 5.41) is 11.8. The molecule has 1 aromatic carbocycles. The van der Waals surface area contributed by atoms with E-state index in [2.05, 4.69) is 5.32 Å². The lowest BCUT2D eigenvalue weighted by Gasteiger charge is -2.27. The zero-order valence-corrected chi connectivity index (χ0v) is 11.0. The number of rotatable bonds is 4. The van der Waals surface area contributed by atoms with Gasteiger partial charge in [-0.05, 0) is 30.9 Å². The first-order valence-corrected chi connectivity index (χ1v) is 6.68. The van der Waals surface area contributed by atoms with Crippen molar-refractivity contribution in [2.75, 3.05) is 0 Å². The number of benzene rings is 1. The monoisotopic (exact) mass is 275 g/mol. The van der Waals surface area contributed by atoms with Crippen molar-refractivity contribution < 1.29 is 19.5 Å². The summed E-state index contributed by atoms with van der Waals surface area (Å²) < 4.78 is 0. The lowest BCUT2D eigenvalue weighted by Crippen LogP contribution is -2.47. The third kappa shape index (κ3) is 3.44. The van der Waals surface area contributed by atoms with Crippen LogP contribution in [0.5, 0.6) is 0 Å². The van der Waals surface area contributed by atoms with Gasteiger partial charge in [0.2, 0.25) is 0 Å². The Morgan fingerprint density at radius 2 is 1.95 bits per heavy atom. The Morgan fingerprint density at radius 3 is 2.55 bits per heavy atom. The SMILES string of the molecule is O=C1CCC[C@H]([C@H](NC(=O)c2ccccc2)C(=O)O)C1. The van der Waals surface area contributed by atoms with Gasteiger partial charge in [0.15, 0.2) is 0 Å². The maximum atomic E-state index is 12.0. The third-order valence-electron chi connectivity index (χ3n) is 3.58. The fourth-order valence-electron chi connectivity index (χ4n) is 2.54. The molecule has 1 fully saturated rings. The highest BCUT2D eigenvalue weighted by molar-refractivity contribution is 5.96. The van der Waals surface area contributed by atoms with Crippen LogP contribution in [0.1, 0.15) is 36.0 Å². The number of carboxylic acid groups (broad SMARTS) is 1. The number of aliphatic carboxylic acids is 1. The van der Waals surface area contributed by atoms with Gasteiger partial charge in [0.05, 0.1) is 0 Å². The maximum absolute atomic E-state index is 12.0. The van der Waals surface area contributed by atoms with Gasteiger partial charge >= 0.3 is 5.97 Å². The highest BCUT2D eigenvalue weighted by Gasteiger charge is 2.33. The minimum Gasteiger partial charge on any atom is -0.480 e. The number of ketones is 1. The second kappa shape index (κ2) is 6.32. The molecule has 0 unspecified atom stereocenters. The molecule has 5 nitrogen and oxygen atoms in total. The van der Waals surface area contributed by atoms with Crippen molar-refractivity contribution in [1.29, 1.82) is 0 Å². The van der Waals surface area contributed by atoms with Crippen molar-refractivity contribution in [1.82, 2.24) is 5.32 Å². The predicted octanol–water partition coefficient (Wildman–Crippen LogP) is 1.63. The molecule has 0 aliphatic heterocycles. The van der Waals surface area contributed by atoms with Crippen molar-refractivity contribution in [3.8, 4) is 0 Å². The molecule has 0 spiro atoms. The summed E-state index contributed by atoms with van der Waals surface area (Å²) in [5.41, 5.74) is 0.417. The normalized spacial score (nSPS) is 20.2. The maximum Gasteiger partial charge on any atom is 0.326 e. The van der Waals surface area contributed by atoms with Crippen LogP contribution in [0.3, 0.4) is 0 Å². The number of carbonyl (C=O) groups is 3. The molecule has 106 valence electrons. The van der Waals surface area contributed by atoms with Crippen molar-refractivity contribution in [2.45, 2.75) is 31.7 Å². The largest absolute Gasteiger partial charge is 0.480 e. The number of Topliss-reactive ketones (excluding diaryl/α,β-unsaturated/α-hetero) is 1. The zero-order chi connectivity index (χ0) is 14.5. The lowest BCUT2D eigenvalue weighted by molar-refractivity contribution is -0.141. The Kier molecular flexibility index (Phi) is 4.50. The highest BCUT2D eigenvalue weighted by atomic mass is 16.4. The summed E-state index contributed by atoms with van der Waals surface area (Å²) >= 11 is 0. The molecule has 1 aromatic rings. The van der Waals surface area contributed by atoms with Crippen molar-refractivity contribution in [2.24, 2.45) is 5.92 Å². The summed E-state index contributed by atoms with van der Waals surface area (Å²) in [7, 11) is 0. The Bertz CT molecular complexity index is 512. The molecule has 5 heteroatoms. The molecule has 1 aliphatic rings. The Hall–Kier alpha value is -2.17. The van der Waals surface area contributed by atoms with Gasteiger partial charge in [-0.3, -0.25) is 9.59 Å². The van der Waals surface area contributed by atoms with Crippen LogP contribution in [0.2, 0.25) is 0 Å². The van der Waals surface area contributed by atoms with Gasteiger partial charge < -0.3 is 10.4 Å². The summed E-state index contributed by atoms with van der Waals surface area (Å²) in [4.78, 5) is 34.8. The van der Waals surface area contributed by atoms with Crippen LogP contribution in [-0.2, 0) is 9.59 Å². The summed E-state index contributed by atoms with van der Waals surface area (Å²) in [6.45, 7) is 0. The van der Waals surface area contributed by atoms with Gasteiger partial charge in [0.25, 0.3) is 5.91 Å². The van der Waals surface area contributed by atoms with E-state index in [1.54, 1.807) is 30.3 Å². The van der Waals surface area contributed by atoms with E-state index in [9.17, 15) is 19.5 Å². The van der Waals surface area contributed by atoms with E-state index >= 15 is 0 Å². The number of carbonyl (C=O) groups excluding carboxylic acids is 2. The Morgan fingerprint density at radius 1 is 1.25 bits per heavy atom. The molecule has 2 atom stereocenters. The molecule has 1 amide bonds. The predicted molar refractivity (Wildman–Crippen MR) is 72.3 cm³/mol. The average molecular weight is 275 g/mol. The second-order valence-corrected chi connectivity index (χ2v) is 5.05. The summed E-state index contributed by atoms with van der Waals surface area (Å²) in [5.74, 6) is -1.76. The second-order valence-electron chi connectivity index (χ2n) is 5.05. The van der Waals surface area contributed by atoms with E-state index in [0.29, 0.717) is 24.8 Å². The standard InChI is InChI=1S/C15H17NO4/c17-12-8-4-7-11(9-12)13(15(19)20)16-14(18)10-5-2-1-3-6-10/h1-3,5-6,11,13H,4,7-9H2,(H,16,18)(H,19,20)/t11-,13-/m0/s1. The molecular formula is C15H17NO4. The van der Waals surface area contributed by atoms with E-state index in [1.165, 1.54) is 0 Å². The number of nitrogens with one attached hydrogen (secondary N) is 1. The first-order chi connectivity index (χ1) is 9.58. The van der Waals surface area contributed by atoms with Crippen LogP contribution in [0.4, 0.5) is 0 Å². The molecule has 0 saturated heterocycles. The van der Waals surface area contributed by atoms with Gasteiger partial charge in [-0.1, -0.05) is 18.2 Å². The van der Waals surface area contributed by atoms with Crippen LogP contribution < -0.4 is 5.32 Å². The van der Waals surface area contributed by atoms with Gasteiger partial charge in [0, 0.05) is 18.4 Å². The number of carboxylic acids is 1. The molecule has 0 radical (unpaired) electrons. The third-order valence-corrected chi connectivity index (χ3v) is 3.58. The van der Waals surface area contributed by atoms with Gasteiger partial charge in [0.1, 0.15) is 11.8 Å². The van der Waals surface area contributed by atoms with Crippen LogP contribution >= 0.6 is 0 Å². The molecule has 0 bridgehead atoms. The number of hydrogen-bond acceptors (Lipinski definition) is 3. The van der Waals surface area contributed by atoms with Gasteiger partial charge in [-0.2, -0.15) is 0 Å².